The van der Waals surface area contributed by atoms with Crippen molar-refractivity contribution < 1.29 is 13.9 Å². The summed E-state index contributed by atoms with van der Waals surface area (Å²) in [7, 11) is 0. The molecule has 2 aliphatic heterocycles. The zero-order valence-electron chi connectivity index (χ0n) is 17.4. The third-order valence-electron chi connectivity index (χ3n) is 5.74. The third-order valence-corrected chi connectivity index (χ3v) is 5.74. The highest BCUT2D eigenvalue weighted by Gasteiger charge is 2.24. The minimum Gasteiger partial charge on any atom is -0.381 e. The van der Waals surface area contributed by atoms with Gasteiger partial charge in [-0.05, 0) is 49.4 Å². The number of carbonyl (C=O) groups is 1. The minimum absolute atomic E-state index is 0.0141. The van der Waals surface area contributed by atoms with E-state index in [2.05, 4.69) is 20.6 Å². The van der Waals surface area contributed by atoms with Gasteiger partial charge in [0, 0.05) is 32.0 Å². The second-order valence-electron chi connectivity index (χ2n) is 7.89. The molecule has 0 unspecified atom stereocenters. The molecule has 0 bridgehead atoms. The monoisotopic (exact) mass is 424 g/mol. The molecule has 8 nitrogen and oxygen atoms in total. The van der Waals surface area contributed by atoms with E-state index in [-0.39, 0.29) is 11.6 Å². The number of hydrogen-bond acceptors (Lipinski definition) is 6. The Bertz CT molecular complexity index is 1000. The van der Waals surface area contributed by atoms with Crippen LogP contribution in [0.1, 0.15) is 48.2 Å². The maximum Gasteiger partial charge on any atom is 0.318 e. The molecule has 0 spiro atoms. The normalized spacial score (nSPS) is 17.4. The smallest absolute Gasteiger partial charge is 0.318 e. The third kappa shape index (κ3) is 4.91. The molecule has 1 aromatic carbocycles. The summed E-state index contributed by atoms with van der Waals surface area (Å²) < 4.78 is 19.3. The van der Waals surface area contributed by atoms with Gasteiger partial charge in [-0.25, -0.2) is 19.2 Å². The van der Waals surface area contributed by atoms with Crippen molar-refractivity contribution in [2.24, 2.45) is 0 Å². The van der Waals surface area contributed by atoms with E-state index in [1.54, 1.807) is 24.0 Å². The van der Waals surface area contributed by atoms with Crippen molar-refractivity contribution in [3.05, 3.63) is 52.6 Å². The van der Waals surface area contributed by atoms with Crippen LogP contribution >= 0.6 is 0 Å². The van der Waals surface area contributed by atoms with Crippen molar-refractivity contribution >= 4 is 12.0 Å². The van der Waals surface area contributed by atoms with Gasteiger partial charge in [0.2, 0.25) is 5.95 Å². The average Bonchev–Trinajstić information content (AvgIpc) is 2.79. The Balaban J connectivity index is 1.39. The molecule has 2 N–H and O–H groups in total. The summed E-state index contributed by atoms with van der Waals surface area (Å²) >= 11 is 0. The van der Waals surface area contributed by atoms with Crippen LogP contribution in [0.15, 0.2) is 24.4 Å². The summed E-state index contributed by atoms with van der Waals surface area (Å²) in [5.41, 5.74) is 2.47. The highest BCUT2D eigenvalue weighted by molar-refractivity contribution is 5.75. The molecular formula is C22H25FN6O2. The van der Waals surface area contributed by atoms with Gasteiger partial charge in [0.05, 0.1) is 23.8 Å². The molecular weight excluding hydrogens is 399 g/mol. The number of amides is 2. The fourth-order valence-corrected chi connectivity index (χ4v) is 3.82. The molecule has 1 atom stereocenters. The van der Waals surface area contributed by atoms with Gasteiger partial charge in [-0.1, -0.05) is 6.07 Å². The molecule has 1 fully saturated rings. The molecule has 0 radical (unpaired) electrons. The van der Waals surface area contributed by atoms with Crippen molar-refractivity contribution in [2.75, 3.05) is 25.1 Å². The Morgan fingerprint density at radius 1 is 1.39 bits per heavy atom. The van der Waals surface area contributed by atoms with Crippen molar-refractivity contribution in [1.29, 1.82) is 5.26 Å². The second-order valence-corrected chi connectivity index (χ2v) is 7.89. The fourth-order valence-electron chi connectivity index (χ4n) is 3.82. The molecule has 1 saturated heterocycles. The molecule has 9 heteroatoms. The number of urea groups is 1. The van der Waals surface area contributed by atoms with Gasteiger partial charge in [-0.3, -0.25) is 0 Å². The van der Waals surface area contributed by atoms with E-state index in [9.17, 15) is 9.18 Å². The molecule has 0 saturated carbocycles. The molecule has 2 aliphatic rings. The number of halogens is 1. The number of nitrogens with one attached hydrogen (secondary N) is 2. The number of hydrogen-bond donors (Lipinski definition) is 2. The number of anilines is 1. The lowest BCUT2D eigenvalue weighted by molar-refractivity contribution is 0.0903. The Kier molecular flexibility index (Phi) is 6.28. The van der Waals surface area contributed by atoms with Gasteiger partial charge in [-0.15, -0.1) is 0 Å². The Hall–Kier alpha value is -3.25. The lowest BCUT2D eigenvalue weighted by atomic mass is 10.1. The summed E-state index contributed by atoms with van der Waals surface area (Å²) in [5, 5.41) is 15.1. The van der Waals surface area contributed by atoms with Crippen LogP contribution in [0.3, 0.4) is 0 Å². The predicted molar refractivity (Wildman–Crippen MR) is 112 cm³/mol. The number of rotatable bonds is 4. The summed E-state index contributed by atoms with van der Waals surface area (Å²) in [4.78, 5) is 23.6. The fraction of sp³-hybridized carbons (Fsp3) is 0.455. The molecule has 1 aromatic heterocycles. The Labute approximate surface area is 180 Å². The second kappa shape index (κ2) is 9.27. The maximum absolute atomic E-state index is 13.9. The van der Waals surface area contributed by atoms with E-state index < -0.39 is 11.9 Å². The summed E-state index contributed by atoms with van der Waals surface area (Å²) in [5.74, 6) is -0.0106. The highest BCUT2D eigenvalue weighted by atomic mass is 19.1. The SMILES string of the molecule is C[C@@H](NC(=O)N1CCc2cnc(NC3CCOCC3)nc2C1)c1ccc(C#N)c(F)c1. The molecule has 3 heterocycles. The topological polar surface area (TPSA) is 103 Å². The Morgan fingerprint density at radius 3 is 2.94 bits per heavy atom. The van der Waals surface area contributed by atoms with Gasteiger partial charge < -0.3 is 20.3 Å². The van der Waals surface area contributed by atoms with Crippen LogP contribution in [-0.4, -0.2) is 46.7 Å². The first-order valence-electron chi connectivity index (χ1n) is 10.5. The van der Waals surface area contributed by atoms with Gasteiger partial charge in [0.25, 0.3) is 0 Å². The molecule has 0 aliphatic carbocycles. The minimum atomic E-state index is -0.589. The lowest BCUT2D eigenvalue weighted by Gasteiger charge is -2.30. The number of nitrogens with zero attached hydrogens (tertiary/aromatic N) is 4. The van der Waals surface area contributed by atoms with Crippen LogP contribution in [0, 0.1) is 17.1 Å². The molecule has 162 valence electrons. The maximum atomic E-state index is 13.9. The van der Waals surface area contributed by atoms with Gasteiger partial charge in [-0.2, -0.15) is 5.26 Å². The van der Waals surface area contributed by atoms with E-state index in [1.807, 2.05) is 6.20 Å². The molecule has 4 rings (SSSR count). The predicted octanol–water partition coefficient (Wildman–Crippen LogP) is 2.91. The molecule has 2 aromatic rings. The zero-order chi connectivity index (χ0) is 21.8. The summed E-state index contributed by atoms with van der Waals surface area (Å²) in [6.07, 6.45) is 4.35. The number of aromatic nitrogens is 2. The van der Waals surface area contributed by atoms with Crippen LogP contribution in [0.4, 0.5) is 15.1 Å². The first-order chi connectivity index (χ1) is 15.0. The van der Waals surface area contributed by atoms with Crippen molar-refractivity contribution in [3.63, 3.8) is 0 Å². The molecule has 31 heavy (non-hydrogen) atoms. The number of nitriles is 1. The van der Waals surface area contributed by atoms with Gasteiger partial charge >= 0.3 is 6.03 Å². The summed E-state index contributed by atoms with van der Waals surface area (Å²) in [6, 6.07) is 5.83. The van der Waals surface area contributed by atoms with Crippen LogP contribution in [0.5, 0.6) is 0 Å². The number of ether oxygens (including phenoxy) is 1. The number of benzene rings is 1. The largest absolute Gasteiger partial charge is 0.381 e. The number of carbonyl (C=O) groups excluding carboxylic acids is 1. The first-order valence-corrected chi connectivity index (χ1v) is 10.5. The van der Waals surface area contributed by atoms with Crippen molar-refractivity contribution in [1.82, 2.24) is 20.2 Å². The van der Waals surface area contributed by atoms with Crippen LogP contribution in [0.25, 0.3) is 0 Å². The van der Waals surface area contributed by atoms with Crippen LogP contribution < -0.4 is 10.6 Å². The van der Waals surface area contributed by atoms with E-state index in [0.29, 0.717) is 37.1 Å². The number of fused-ring (bicyclic) bond motifs is 1. The highest BCUT2D eigenvalue weighted by Crippen LogP contribution is 2.21. The molecule has 2 amide bonds. The zero-order valence-corrected chi connectivity index (χ0v) is 17.4. The standard InChI is InChI=1S/C22H25FN6O2/c1-14(15-2-3-16(11-24)19(23)10-15)26-22(30)29-7-4-17-12-25-21(28-20(17)13-29)27-18-5-8-31-9-6-18/h2-3,10,12,14,18H,4-9,13H2,1H3,(H,26,30)(H,25,27,28)/t14-/m1/s1. The van der Waals surface area contributed by atoms with Crippen molar-refractivity contribution in [2.45, 2.75) is 44.8 Å². The van der Waals surface area contributed by atoms with E-state index in [4.69, 9.17) is 10.00 Å². The van der Waals surface area contributed by atoms with Gasteiger partial charge in [0.1, 0.15) is 11.9 Å². The Morgan fingerprint density at radius 2 is 2.19 bits per heavy atom. The van der Waals surface area contributed by atoms with Crippen LogP contribution in [-0.2, 0) is 17.7 Å². The average molecular weight is 424 g/mol. The van der Waals surface area contributed by atoms with E-state index in [1.165, 1.54) is 12.1 Å². The quantitative estimate of drug-likeness (QED) is 0.782. The van der Waals surface area contributed by atoms with E-state index in [0.717, 1.165) is 37.3 Å². The van der Waals surface area contributed by atoms with Gasteiger partial charge in [0.15, 0.2) is 0 Å². The lowest BCUT2D eigenvalue weighted by Crippen LogP contribution is -2.44. The van der Waals surface area contributed by atoms with Crippen LogP contribution in [0.2, 0.25) is 0 Å². The summed E-state index contributed by atoms with van der Waals surface area (Å²) in [6.45, 7) is 4.20. The first kappa shape index (κ1) is 21.0. The van der Waals surface area contributed by atoms with E-state index >= 15 is 0 Å². The van der Waals surface area contributed by atoms with Crippen molar-refractivity contribution in [3.8, 4) is 6.07 Å².